The minimum atomic E-state index is 0.159. The van der Waals surface area contributed by atoms with Gasteiger partial charge >= 0.3 is 0 Å². The fourth-order valence-corrected chi connectivity index (χ4v) is 3.73. The fraction of sp³-hybridized carbons (Fsp3) is 0.190. The van der Waals surface area contributed by atoms with Gasteiger partial charge in [-0.2, -0.15) is 0 Å². The number of nitrogens with zero attached hydrogens (tertiary/aromatic N) is 3. The number of aromatic nitrogens is 3. The number of rotatable bonds is 2. The topological polar surface area (TPSA) is 61.9 Å². The quantitative estimate of drug-likeness (QED) is 0.608. The second-order valence-corrected chi connectivity index (χ2v) is 6.75. The third-order valence-corrected chi connectivity index (χ3v) is 5.11. The van der Waals surface area contributed by atoms with Crippen LogP contribution in [-0.4, -0.2) is 32.3 Å². The SMILES string of the molecule is O=C(Cc1c[nH]c2ccccc12)N1CCc2nc3ncccc3cc2C1. The second-order valence-electron chi connectivity index (χ2n) is 6.75. The lowest BCUT2D eigenvalue weighted by molar-refractivity contribution is -0.131. The van der Waals surface area contributed by atoms with Gasteiger partial charge in [0.05, 0.1) is 6.42 Å². The standard InChI is InChI=1S/C21H18N4O/c26-20(11-15-12-23-19-6-2-1-5-17(15)19)25-9-7-18-16(13-25)10-14-4-3-8-22-21(14)24-18/h1-6,8,10,12,23H,7,9,11,13H2. The maximum absolute atomic E-state index is 12.9. The number of hydrogen-bond acceptors (Lipinski definition) is 3. The zero-order valence-corrected chi connectivity index (χ0v) is 14.3. The highest BCUT2D eigenvalue weighted by molar-refractivity contribution is 5.89. The molecule has 0 atom stereocenters. The van der Waals surface area contributed by atoms with Crippen molar-refractivity contribution in [3.63, 3.8) is 0 Å². The first kappa shape index (κ1) is 15.1. The molecule has 0 bridgehead atoms. The van der Waals surface area contributed by atoms with Crippen molar-refractivity contribution >= 4 is 27.8 Å². The van der Waals surface area contributed by atoms with Gasteiger partial charge in [0.1, 0.15) is 0 Å². The van der Waals surface area contributed by atoms with Gasteiger partial charge in [-0.05, 0) is 35.4 Å². The third kappa shape index (κ3) is 2.52. The van der Waals surface area contributed by atoms with E-state index in [0.717, 1.165) is 45.2 Å². The lowest BCUT2D eigenvalue weighted by Gasteiger charge is -2.28. The highest BCUT2D eigenvalue weighted by Gasteiger charge is 2.23. The Balaban J connectivity index is 1.40. The van der Waals surface area contributed by atoms with Crippen molar-refractivity contribution in [3.05, 3.63) is 71.7 Å². The predicted octanol–water partition coefficient (Wildman–Crippen LogP) is 3.24. The summed E-state index contributed by atoms with van der Waals surface area (Å²) in [5, 5.41) is 2.15. The average molecular weight is 342 g/mol. The Bertz CT molecular complexity index is 1130. The number of pyridine rings is 2. The monoisotopic (exact) mass is 342 g/mol. The van der Waals surface area contributed by atoms with Gasteiger partial charge in [0, 0.05) is 53.9 Å². The van der Waals surface area contributed by atoms with Gasteiger partial charge in [0.15, 0.2) is 5.65 Å². The van der Waals surface area contributed by atoms with E-state index in [2.05, 4.69) is 27.1 Å². The summed E-state index contributed by atoms with van der Waals surface area (Å²) in [5.41, 5.74) is 5.10. The molecule has 3 aromatic heterocycles. The summed E-state index contributed by atoms with van der Waals surface area (Å²) in [6.07, 6.45) is 4.91. The van der Waals surface area contributed by atoms with Crippen LogP contribution in [0.5, 0.6) is 0 Å². The second kappa shape index (κ2) is 5.95. The van der Waals surface area contributed by atoms with Crippen LogP contribution in [0.15, 0.2) is 54.9 Å². The van der Waals surface area contributed by atoms with Crippen molar-refractivity contribution in [2.45, 2.75) is 19.4 Å². The minimum absolute atomic E-state index is 0.159. The molecule has 0 radical (unpaired) electrons. The van der Waals surface area contributed by atoms with Gasteiger partial charge in [-0.1, -0.05) is 18.2 Å². The molecule has 0 spiro atoms. The summed E-state index contributed by atoms with van der Waals surface area (Å²) in [7, 11) is 0. The fourth-order valence-electron chi connectivity index (χ4n) is 3.73. The Morgan fingerprint density at radius 3 is 3.08 bits per heavy atom. The summed E-state index contributed by atoms with van der Waals surface area (Å²) in [6, 6.07) is 14.1. The smallest absolute Gasteiger partial charge is 0.227 e. The number of para-hydroxylation sites is 1. The number of hydrogen-bond donors (Lipinski definition) is 1. The van der Waals surface area contributed by atoms with E-state index in [4.69, 9.17) is 0 Å². The van der Waals surface area contributed by atoms with Crippen molar-refractivity contribution in [2.75, 3.05) is 6.54 Å². The maximum Gasteiger partial charge on any atom is 0.227 e. The lowest BCUT2D eigenvalue weighted by Crippen LogP contribution is -2.37. The van der Waals surface area contributed by atoms with Crippen molar-refractivity contribution < 1.29 is 4.79 Å². The van der Waals surface area contributed by atoms with Crippen molar-refractivity contribution in [3.8, 4) is 0 Å². The molecule has 26 heavy (non-hydrogen) atoms. The maximum atomic E-state index is 12.9. The van der Waals surface area contributed by atoms with E-state index in [0.29, 0.717) is 19.5 Å². The van der Waals surface area contributed by atoms with Gasteiger partial charge in [0.25, 0.3) is 0 Å². The average Bonchev–Trinajstić information content (AvgIpc) is 3.09. The summed E-state index contributed by atoms with van der Waals surface area (Å²) in [5.74, 6) is 0.159. The first-order valence-corrected chi connectivity index (χ1v) is 8.84. The van der Waals surface area contributed by atoms with Crippen LogP contribution in [0.2, 0.25) is 0 Å². The van der Waals surface area contributed by atoms with E-state index >= 15 is 0 Å². The van der Waals surface area contributed by atoms with Gasteiger partial charge in [0.2, 0.25) is 5.91 Å². The number of fused-ring (bicyclic) bond motifs is 3. The first-order valence-electron chi connectivity index (χ1n) is 8.84. The molecule has 1 aliphatic heterocycles. The van der Waals surface area contributed by atoms with Crippen molar-refractivity contribution in [1.29, 1.82) is 0 Å². The van der Waals surface area contributed by atoms with Crippen LogP contribution in [0.1, 0.15) is 16.8 Å². The number of carbonyl (C=O) groups is 1. The Hall–Kier alpha value is -3.21. The van der Waals surface area contributed by atoms with Crippen LogP contribution in [-0.2, 0) is 24.2 Å². The Labute approximate surface area is 150 Å². The van der Waals surface area contributed by atoms with Crippen LogP contribution < -0.4 is 0 Å². The predicted molar refractivity (Wildman–Crippen MR) is 101 cm³/mol. The number of aromatic amines is 1. The molecule has 5 rings (SSSR count). The number of amides is 1. The Morgan fingerprint density at radius 1 is 1.19 bits per heavy atom. The van der Waals surface area contributed by atoms with Crippen molar-refractivity contribution in [1.82, 2.24) is 19.9 Å². The number of carbonyl (C=O) groups excluding carboxylic acids is 1. The van der Waals surface area contributed by atoms with Gasteiger partial charge in [-0.15, -0.1) is 0 Å². The molecule has 0 unspecified atom stereocenters. The molecule has 1 amide bonds. The number of benzene rings is 1. The molecule has 1 aromatic carbocycles. The molecule has 1 N–H and O–H groups in total. The van der Waals surface area contributed by atoms with Crippen molar-refractivity contribution in [2.24, 2.45) is 0 Å². The van der Waals surface area contributed by atoms with E-state index in [1.807, 2.05) is 41.4 Å². The van der Waals surface area contributed by atoms with Crippen LogP contribution in [0, 0.1) is 0 Å². The highest BCUT2D eigenvalue weighted by Crippen LogP contribution is 2.23. The van der Waals surface area contributed by atoms with E-state index < -0.39 is 0 Å². The van der Waals surface area contributed by atoms with Gasteiger partial charge in [-0.3, -0.25) is 4.79 Å². The molecule has 0 saturated carbocycles. The molecular weight excluding hydrogens is 324 g/mol. The molecule has 5 nitrogen and oxygen atoms in total. The van der Waals surface area contributed by atoms with E-state index in [9.17, 15) is 4.79 Å². The molecule has 128 valence electrons. The molecule has 0 saturated heterocycles. The van der Waals surface area contributed by atoms with Crippen LogP contribution >= 0.6 is 0 Å². The van der Waals surface area contributed by atoms with E-state index in [-0.39, 0.29) is 5.91 Å². The van der Waals surface area contributed by atoms with Crippen LogP contribution in [0.4, 0.5) is 0 Å². The van der Waals surface area contributed by atoms with Gasteiger partial charge in [-0.25, -0.2) is 9.97 Å². The summed E-state index contributed by atoms with van der Waals surface area (Å²) in [6.45, 7) is 1.33. The molecule has 5 heteroatoms. The van der Waals surface area contributed by atoms with Crippen LogP contribution in [0.3, 0.4) is 0 Å². The summed E-state index contributed by atoms with van der Waals surface area (Å²) < 4.78 is 0. The Kier molecular flexibility index (Phi) is 3.45. The molecular formula is C21H18N4O. The molecule has 4 heterocycles. The number of H-pyrrole nitrogens is 1. The lowest BCUT2D eigenvalue weighted by atomic mass is 10.0. The molecule has 1 aliphatic rings. The largest absolute Gasteiger partial charge is 0.361 e. The Morgan fingerprint density at radius 2 is 2.12 bits per heavy atom. The molecule has 0 aliphatic carbocycles. The van der Waals surface area contributed by atoms with Gasteiger partial charge < -0.3 is 9.88 Å². The van der Waals surface area contributed by atoms with Crippen LogP contribution in [0.25, 0.3) is 21.9 Å². The third-order valence-electron chi connectivity index (χ3n) is 5.11. The summed E-state index contributed by atoms with van der Waals surface area (Å²) >= 11 is 0. The number of nitrogens with one attached hydrogen (secondary N) is 1. The van der Waals surface area contributed by atoms with E-state index in [1.54, 1.807) is 6.20 Å². The molecule has 4 aromatic rings. The highest BCUT2D eigenvalue weighted by atomic mass is 16.2. The molecule has 0 fully saturated rings. The zero-order valence-electron chi connectivity index (χ0n) is 14.3. The van der Waals surface area contributed by atoms with E-state index in [1.165, 1.54) is 0 Å². The summed E-state index contributed by atoms with van der Waals surface area (Å²) in [4.78, 5) is 27.0. The normalized spacial score (nSPS) is 13.9. The minimum Gasteiger partial charge on any atom is -0.361 e. The first-order chi connectivity index (χ1) is 12.8. The zero-order chi connectivity index (χ0) is 17.5.